The molecule has 0 saturated heterocycles. The first-order valence-corrected chi connectivity index (χ1v) is 5.26. The highest BCUT2D eigenvalue weighted by Crippen LogP contribution is 2.37. The Morgan fingerprint density at radius 3 is 2.69 bits per heavy atom. The number of H-pyrrole nitrogens is 2. The fraction of sp³-hybridized carbons (Fsp3) is 0.500. The minimum absolute atomic E-state index is 0.0191. The van der Waals surface area contributed by atoms with E-state index in [0.717, 1.165) is 0 Å². The van der Waals surface area contributed by atoms with E-state index in [1.165, 1.54) is 0 Å². The molecule has 16 heavy (non-hydrogen) atoms. The molecule has 1 fully saturated rings. The zero-order valence-electron chi connectivity index (χ0n) is 8.73. The van der Waals surface area contributed by atoms with Gasteiger partial charge in [0.15, 0.2) is 5.49 Å². The Morgan fingerprint density at radius 1 is 1.31 bits per heavy atom. The molecular weight excluding hydrogens is 208 g/mol. The van der Waals surface area contributed by atoms with Gasteiger partial charge in [0.05, 0.1) is 11.4 Å². The maximum atomic E-state index is 11.2. The summed E-state index contributed by atoms with van der Waals surface area (Å²) >= 11 is 0. The summed E-state index contributed by atoms with van der Waals surface area (Å²) in [5.74, 6) is 0.575. The molecule has 1 aromatic rings. The summed E-state index contributed by atoms with van der Waals surface area (Å²) in [6.07, 6.45) is 1.90. The van der Waals surface area contributed by atoms with Gasteiger partial charge in [-0.3, -0.25) is 14.6 Å². The summed E-state index contributed by atoms with van der Waals surface area (Å²) in [5.41, 5.74) is 5.09. The lowest BCUT2D eigenvalue weighted by Gasteiger charge is -2.44. The first-order valence-electron chi connectivity index (χ1n) is 5.26. The van der Waals surface area contributed by atoms with Crippen LogP contribution in [0, 0.1) is 11.8 Å². The minimum Gasteiger partial charge on any atom is -0.325 e. The van der Waals surface area contributed by atoms with Gasteiger partial charge in [0.2, 0.25) is 0 Å². The molecule has 0 amide bonds. The average molecular weight is 220 g/mol. The molecule has 2 bridgehead atoms. The molecule has 3 heterocycles. The van der Waals surface area contributed by atoms with E-state index >= 15 is 0 Å². The quantitative estimate of drug-likeness (QED) is 0.419. The van der Waals surface area contributed by atoms with Gasteiger partial charge in [-0.15, -0.1) is 0 Å². The van der Waals surface area contributed by atoms with Crippen LogP contribution in [0.25, 0.3) is 6.08 Å². The van der Waals surface area contributed by atoms with Crippen molar-refractivity contribution in [3.63, 3.8) is 0 Å². The summed E-state index contributed by atoms with van der Waals surface area (Å²) in [6.45, 7) is 2.07. The molecule has 6 nitrogen and oxygen atoms in total. The molecule has 6 heteroatoms. The van der Waals surface area contributed by atoms with E-state index in [9.17, 15) is 9.59 Å². The van der Waals surface area contributed by atoms with Crippen molar-refractivity contribution in [1.82, 2.24) is 9.97 Å². The van der Waals surface area contributed by atoms with E-state index in [4.69, 9.17) is 5.73 Å². The number of hydrogen-bond acceptors (Lipinski definition) is 4. The number of hydrogen-bond donors (Lipinski definition) is 3. The summed E-state index contributed by atoms with van der Waals surface area (Å²) in [5, 5.41) is 0.580. The van der Waals surface area contributed by atoms with E-state index in [1.54, 1.807) is 0 Å². The van der Waals surface area contributed by atoms with Crippen molar-refractivity contribution in [1.29, 1.82) is 0 Å². The molecule has 4 atom stereocenters. The molecule has 0 radical (unpaired) electrons. The Balaban J connectivity index is 2.37. The predicted octanol–water partition coefficient (Wildman–Crippen LogP) is -2.56. The predicted molar refractivity (Wildman–Crippen MR) is 57.3 cm³/mol. The Hall–Kier alpha value is -1.69. The molecule has 4 N–H and O–H groups in total. The van der Waals surface area contributed by atoms with Crippen LogP contribution in [0.2, 0.25) is 0 Å². The summed E-state index contributed by atoms with van der Waals surface area (Å²) < 4.78 is 0. The first kappa shape index (κ1) is 9.53. The van der Waals surface area contributed by atoms with Crippen molar-refractivity contribution in [2.24, 2.45) is 22.6 Å². The van der Waals surface area contributed by atoms with E-state index in [0.29, 0.717) is 16.8 Å². The maximum absolute atomic E-state index is 11.2. The Bertz CT molecular complexity index is 604. The Morgan fingerprint density at radius 2 is 2.00 bits per heavy atom. The SMILES string of the molecule is CC1C2C=c3[nH]c(=O)c(=O)[nH]c3=NC1C2N. The molecule has 1 aliphatic carbocycles. The van der Waals surface area contributed by atoms with E-state index < -0.39 is 11.1 Å². The highest BCUT2D eigenvalue weighted by atomic mass is 16.2. The summed E-state index contributed by atoms with van der Waals surface area (Å²) in [4.78, 5) is 31.8. The van der Waals surface area contributed by atoms with Gasteiger partial charge < -0.3 is 15.7 Å². The standard InChI is InChI=1S/C10H12N4O2/c1-3-4-2-5-8(13-7(3)6(4)11)14-10(16)9(15)12-5/h2-4,6-7H,11H2,1H3,(H,12,15)(H,13,14,16). The molecule has 0 aromatic carbocycles. The molecule has 4 rings (SSSR count). The highest BCUT2D eigenvalue weighted by Gasteiger charge is 2.45. The smallest absolute Gasteiger partial charge is 0.315 e. The lowest BCUT2D eigenvalue weighted by Crippen LogP contribution is -2.57. The Labute approximate surface area is 89.9 Å². The summed E-state index contributed by atoms with van der Waals surface area (Å²) in [7, 11) is 0. The number of nitrogens with one attached hydrogen (secondary N) is 2. The average Bonchev–Trinajstić information content (AvgIpc) is 2.48. The molecule has 4 unspecified atom stereocenters. The van der Waals surface area contributed by atoms with Gasteiger partial charge in [0, 0.05) is 12.0 Å². The van der Waals surface area contributed by atoms with Crippen molar-refractivity contribution in [3.8, 4) is 0 Å². The fourth-order valence-electron chi connectivity index (χ4n) is 2.51. The largest absolute Gasteiger partial charge is 0.325 e. The molecule has 1 saturated carbocycles. The highest BCUT2D eigenvalue weighted by molar-refractivity contribution is 5.33. The second-order valence-corrected chi connectivity index (χ2v) is 4.47. The van der Waals surface area contributed by atoms with Gasteiger partial charge in [-0.2, -0.15) is 0 Å². The van der Waals surface area contributed by atoms with Crippen LogP contribution in [0.1, 0.15) is 6.92 Å². The second kappa shape index (κ2) is 2.91. The van der Waals surface area contributed by atoms with Crippen LogP contribution in [0.3, 0.4) is 0 Å². The number of rotatable bonds is 0. The number of nitrogens with two attached hydrogens (primary N) is 1. The third-order valence-electron chi connectivity index (χ3n) is 3.56. The van der Waals surface area contributed by atoms with Crippen LogP contribution in [-0.4, -0.2) is 22.1 Å². The third-order valence-corrected chi connectivity index (χ3v) is 3.56. The van der Waals surface area contributed by atoms with E-state index in [1.807, 2.05) is 6.08 Å². The normalized spacial score (nSPS) is 35.1. The minimum atomic E-state index is -0.670. The van der Waals surface area contributed by atoms with Gasteiger partial charge in [-0.05, 0) is 5.92 Å². The number of nitrogens with zero attached hydrogens (tertiary/aromatic N) is 1. The van der Waals surface area contributed by atoms with Gasteiger partial charge in [-0.1, -0.05) is 13.0 Å². The van der Waals surface area contributed by atoms with Gasteiger partial charge in [0.25, 0.3) is 0 Å². The van der Waals surface area contributed by atoms with Crippen LogP contribution < -0.4 is 27.7 Å². The van der Waals surface area contributed by atoms with E-state index in [2.05, 4.69) is 21.9 Å². The van der Waals surface area contributed by atoms with Crippen molar-refractivity contribution in [2.45, 2.75) is 19.0 Å². The van der Waals surface area contributed by atoms with Gasteiger partial charge in [-0.25, -0.2) is 0 Å². The van der Waals surface area contributed by atoms with Gasteiger partial charge >= 0.3 is 11.1 Å². The summed E-state index contributed by atoms with van der Waals surface area (Å²) in [6, 6.07) is 0.0125. The zero-order chi connectivity index (χ0) is 11.4. The molecule has 1 aromatic heterocycles. The lowest BCUT2D eigenvalue weighted by molar-refractivity contribution is 0.170. The van der Waals surface area contributed by atoms with Crippen molar-refractivity contribution >= 4 is 6.08 Å². The third kappa shape index (κ3) is 1.07. The van der Waals surface area contributed by atoms with Crippen molar-refractivity contribution in [3.05, 3.63) is 31.5 Å². The molecule has 2 aliphatic heterocycles. The lowest BCUT2D eigenvalue weighted by atomic mass is 9.67. The van der Waals surface area contributed by atoms with Gasteiger partial charge in [0.1, 0.15) is 0 Å². The zero-order valence-corrected chi connectivity index (χ0v) is 8.73. The number of aromatic amines is 2. The van der Waals surface area contributed by atoms with Crippen LogP contribution in [0.4, 0.5) is 0 Å². The van der Waals surface area contributed by atoms with Crippen LogP contribution >= 0.6 is 0 Å². The maximum Gasteiger partial charge on any atom is 0.315 e. The molecule has 3 aliphatic rings. The number of aromatic nitrogens is 2. The van der Waals surface area contributed by atoms with Crippen LogP contribution in [-0.2, 0) is 0 Å². The van der Waals surface area contributed by atoms with Crippen LogP contribution in [0.5, 0.6) is 0 Å². The van der Waals surface area contributed by atoms with Crippen molar-refractivity contribution < 1.29 is 0 Å². The van der Waals surface area contributed by atoms with E-state index in [-0.39, 0.29) is 18.0 Å². The first-order chi connectivity index (χ1) is 7.58. The second-order valence-electron chi connectivity index (χ2n) is 4.47. The van der Waals surface area contributed by atoms with Crippen molar-refractivity contribution in [2.75, 3.05) is 0 Å². The Kier molecular flexibility index (Phi) is 1.74. The fourth-order valence-corrected chi connectivity index (χ4v) is 2.51. The topological polar surface area (TPSA) is 104 Å². The van der Waals surface area contributed by atoms with Crippen LogP contribution in [0.15, 0.2) is 14.6 Å². The molecule has 0 spiro atoms. The monoisotopic (exact) mass is 220 g/mol. The molecular formula is C10H12N4O2. The molecule has 84 valence electrons.